The molecular formula is C15H17N3OS. The number of thioether (sulfide) groups is 1. The molecule has 1 aliphatic heterocycles. The molecule has 0 radical (unpaired) electrons. The normalized spacial score (nSPS) is 17.4. The topological polar surface area (TPSA) is 61.0 Å². The van der Waals surface area contributed by atoms with Crippen molar-refractivity contribution in [2.45, 2.75) is 24.4 Å². The number of para-hydroxylation sites is 1. The molecule has 2 N–H and O–H groups in total. The first kappa shape index (κ1) is 13.2. The lowest BCUT2D eigenvalue weighted by Crippen LogP contribution is -2.16. The minimum absolute atomic E-state index is 0.482. The second kappa shape index (κ2) is 5.71. The van der Waals surface area contributed by atoms with E-state index in [-0.39, 0.29) is 0 Å². The summed E-state index contributed by atoms with van der Waals surface area (Å²) in [6.45, 7) is 2.71. The molecule has 4 nitrogen and oxygen atoms in total. The van der Waals surface area contributed by atoms with Crippen molar-refractivity contribution in [1.29, 1.82) is 0 Å². The van der Waals surface area contributed by atoms with E-state index >= 15 is 0 Å². The summed E-state index contributed by atoms with van der Waals surface area (Å²) in [4.78, 5) is 8.69. The van der Waals surface area contributed by atoms with Gasteiger partial charge in [0, 0.05) is 23.4 Å². The molecule has 2 aromatic rings. The van der Waals surface area contributed by atoms with Gasteiger partial charge < -0.3 is 10.5 Å². The monoisotopic (exact) mass is 287 g/mol. The molecule has 1 aliphatic rings. The van der Waals surface area contributed by atoms with E-state index in [2.05, 4.69) is 22.1 Å². The minimum Gasteiger partial charge on any atom is -0.493 e. The number of aryl methyl sites for hydroxylation is 1. The van der Waals surface area contributed by atoms with E-state index < -0.39 is 0 Å². The van der Waals surface area contributed by atoms with Gasteiger partial charge >= 0.3 is 0 Å². The second-order valence-corrected chi connectivity index (χ2v) is 5.89. The summed E-state index contributed by atoms with van der Waals surface area (Å²) < 4.78 is 5.68. The lowest BCUT2D eigenvalue weighted by Gasteiger charge is -2.25. The quantitative estimate of drug-likeness (QED) is 0.694. The van der Waals surface area contributed by atoms with Crippen molar-refractivity contribution in [1.82, 2.24) is 9.97 Å². The van der Waals surface area contributed by atoms with Gasteiger partial charge in [0.2, 0.25) is 0 Å². The highest BCUT2D eigenvalue weighted by molar-refractivity contribution is 7.99. The van der Waals surface area contributed by atoms with Crippen LogP contribution in [0, 0.1) is 6.92 Å². The number of fused-ring (bicyclic) bond motifs is 1. The summed E-state index contributed by atoms with van der Waals surface area (Å²) in [7, 11) is 0. The molecule has 0 saturated heterocycles. The maximum atomic E-state index is 5.76. The number of nitrogens with two attached hydrogens (primary N) is 1. The molecular weight excluding hydrogens is 270 g/mol. The van der Waals surface area contributed by atoms with Gasteiger partial charge in [0.1, 0.15) is 11.6 Å². The number of nitrogen functional groups attached to an aromatic ring is 1. The van der Waals surface area contributed by atoms with Crippen LogP contribution in [0.2, 0.25) is 0 Å². The van der Waals surface area contributed by atoms with Gasteiger partial charge in [0.05, 0.1) is 6.61 Å². The molecule has 1 aromatic carbocycles. The third-order valence-electron chi connectivity index (χ3n) is 3.35. The van der Waals surface area contributed by atoms with Gasteiger partial charge in [0.25, 0.3) is 0 Å². The fraction of sp³-hybridized carbons (Fsp3) is 0.333. The standard InChI is InChI=1S/C15H17N3OS/c1-10-8-14(16)18-15(17-10)20-9-11-6-7-19-13-5-3-2-4-12(11)13/h2-5,8,11H,6-7,9H2,1H3,(H2,16,17,18). The summed E-state index contributed by atoms with van der Waals surface area (Å²) in [5.74, 6) is 2.97. The lowest BCUT2D eigenvalue weighted by atomic mass is 9.95. The molecule has 0 saturated carbocycles. The SMILES string of the molecule is Cc1cc(N)nc(SCC2CCOc3ccccc32)n1. The Morgan fingerprint density at radius 1 is 1.35 bits per heavy atom. The summed E-state index contributed by atoms with van der Waals surface area (Å²) >= 11 is 1.66. The van der Waals surface area contributed by atoms with Crippen LogP contribution in [0.5, 0.6) is 5.75 Å². The number of benzene rings is 1. The summed E-state index contributed by atoms with van der Waals surface area (Å²) in [5.41, 5.74) is 7.95. The van der Waals surface area contributed by atoms with Gasteiger partial charge in [0.15, 0.2) is 5.16 Å². The van der Waals surface area contributed by atoms with Crippen molar-refractivity contribution < 1.29 is 4.74 Å². The number of rotatable bonds is 3. The summed E-state index contributed by atoms with van der Waals surface area (Å²) in [6.07, 6.45) is 1.03. The van der Waals surface area contributed by atoms with Crippen LogP contribution < -0.4 is 10.5 Å². The Balaban J connectivity index is 1.73. The molecule has 0 fully saturated rings. The van der Waals surface area contributed by atoms with Gasteiger partial charge in [-0.2, -0.15) is 0 Å². The zero-order chi connectivity index (χ0) is 13.9. The van der Waals surface area contributed by atoms with Gasteiger partial charge in [-0.3, -0.25) is 0 Å². The molecule has 5 heteroatoms. The van der Waals surface area contributed by atoms with Crippen molar-refractivity contribution in [3.05, 3.63) is 41.6 Å². The Morgan fingerprint density at radius 3 is 3.05 bits per heavy atom. The first-order chi connectivity index (χ1) is 9.72. The zero-order valence-electron chi connectivity index (χ0n) is 11.4. The largest absolute Gasteiger partial charge is 0.493 e. The summed E-state index contributed by atoms with van der Waals surface area (Å²) in [6, 6.07) is 10.0. The van der Waals surface area contributed by atoms with Gasteiger partial charge in [-0.15, -0.1) is 0 Å². The van der Waals surface area contributed by atoms with Crippen LogP contribution in [-0.2, 0) is 0 Å². The highest BCUT2D eigenvalue weighted by Gasteiger charge is 2.21. The number of aromatic nitrogens is 2. The average molecular weight is 287 g/mol. The van der Waals surface area contributed by atoms with E-state index in [0.29, 0.717) is 11.7 Å². The van der Waals surface area contributed by atoms with Crippen molar-refractivity contribution >= 4 is 17.6 Å². The Hall–Kier alpha value is -1.75. The maximum absolute atomic E-state index is 5.76. The highest BCUT2D eigenvalue weighted by Crippen LogP contribution is 2.36. The van der Waals surface area contributed by atoms with Crippen LogP contribution in [0.3, 0.4) is 0 Å². The molecule has 3 rings (SSSR count). The fourth-order valence-electron chi connectivity index (χ4n) is 2.39. The van der Waals surface area contributed by atoms with E-state index in [4.69, 9.17) is 10.5 Å². The summed E-state index contributed by atoms with van der Waals surface area (Å²) in [5, 5.41) is 0.756. The van der Waals surface area contributed by atoms with Gasteiger partial charge in [-0.25, -0.2) is 9.97 Å². The van der Waals surface area contributed by atoms with Crippen LogP contribution in [0.4, 0.5) is 5.82 Å². The molecule has 2 heterocycles. The van der Waals surface area contributed by atoms with Crippen LogP contribution in [0.25, 0.3) is 0 Å². The maximum Gasteiger partial charge on any atom is 0.189 e. The molecule has 0 spiro atoms. The molecule has 1 unspecified atom stereocenters. The smallest absolute Gasteiger partial charge is 0.189 e. The van der Waals surface area contributed by atoms with E-state index in [1.54, 1.807) is 17.8 Å². The van der Waals surface area contributed by atoms with Crippen LogP contribution >= 0.6 is 11.8 Å². The Bertz CT molecular complexity index is 598. The predicted molar refractivity (Wildman–Crippen MR) is 81.2 cm³/mol. The van der Waals surface area contributed by atoms with E-state index in [1.165, 1.54) is 5.56 Å². The van der Waals surface area contributed by atoms with E-state index in [1.807, 2.05) is 19.1 Å². The fourth-order valence-corrected chi connectivity index (χ4v) is 3.47. The van der Waals surface area contributed by atoms with Crippen molar-refractivity contribution in [2.75, 3.05) is 18.1 Å². The van der Waals surface area contributed by atoms with E-state index in [0.717, 1.165) is 35.4 Å². The Kier molecular flexibility index (Phi) is 3.78. The molecule has 1 aromatic heterocycles. The zero-order valence-corrected chi connectivity index (χ0v) is 12.2. The van der Waals surface area contributed by atoms with Crippen molar-refractivity contribution in [3.63, 3.8) is 0 Å². The third kappa shape index (κ3) is 2.88. The number of hydrogen-bond donors (Lipinski definition) is 1. The first-order valence-electron chi connectivity index (χ1n) is 6.68. The molecule has 104 valence electrons. The van der Waals surface area contributed by atoms with Crippen LogP contribution in [-0.4, -0.2) is 22.3 Å². The molecule has 1 atom stereocenters. The number of nitrogens with zero attached hydrogens (tertiary/aromatic N) is 2. The second-order valence-electron chi connectivity index (χ2n) is 4.90. The number of ether oxygens (including phenoxy) is 1. The predicted octanol–water partition coefficient (Wildman–Crippen LogP) is 3.03. The Morgan fingerprint density at radius 2 is 2.20 bits per heavy atom. The highest BCUT2D eigenvalue weighted by atomic mass is 32.2. The van der Waals surface area contributed by atoms with Gasteiger partial charge in [-0.1, -0.05) is 30.0 Å². The molecule has 0 amide bonds. The number of hydrogen-bond acceptors (Lipinski definition) is 5. The average Bonchev–Trinajstić information content (AvgIpc) is 2.44. The first-order valence-corrected chi connectivity index (χ1v) is 7.66. The van der Waals surface area contributed by atoms with Crippen molar-refractivity contribution in [2.24, 2.45) is 0 Å². The molecule has 0 aliphatic carbocycles. The minimum atomic E-state index is 0.482. The van der Waals surface area contributed by atoms with E-state index in [9.17, 15) is 0 Å². The Labute approximate surface area is 122 Å². The van der Waals surface area contributed by atoms with Crippen LogP contribution in [0.1, 0.15) is 23.6 Å². The molecule has 20 heavy (non-hydrogen) atoms. The van der Waals surface area contributed by atoms with Crippen LogP contribution in [0.15, 0.2) is 35.5 Å². The van der Waals surface area contributed by atoms with Crippen molar-refractivity contribution in [3.8, 4) is 5.75 Å². The van der Waals surface area contributed by atoms with Gasteiger partial charge in [-0.05, 0) is 25.0 Å². The molecule has 0 bridgehead atoms. The number of anilines is 1. The third-order valence-corrected chi connectivity index (χ3v) is 4.36. The lowest BCUT2D eigenvalue weighted by molar-refractivity contribution is 0.273.